The molecule has 0 N–H and O–H groups in total. The molecule has 3 rings (SSSR count). The number of piperidine rings is 1. The van der Waals surface area contributed by atoms with Gasteiger partial charge < -0.3 is 14.5 Å². The highest BCUT2D eigenvalue weighted by atomic mass is 16.5. The first-order chi connectivity index (χ1) is 11.2. The number of carbonyl (C=O) groups is 2. The van der Waals surface area contributed by atoms with Gasteiger partial charge in [0.05, 0.1) is 19.3 Å². The lowest BCUT2D eigenvalue weighted by molar-refractivity contribution is -0.144. The average Bonchev–Trinajstić information content (AvgIpc) is 2.62. The molecule has 0 aliphatic carbocycles. The molecule has 0 radical (unpaired) electrons. The number of benzene rings is 1. The monoisotopic (exact) mass is 316 g/mol. The van der Waals surface area contributed by atoms with E-state index >= 15 is 0 Å². The number of hydrogen-bond donors (Lipinski definition) is 0. The zero-order valence-electron chi connectivity index (χ0n) is 13.6. The van der Waals surface area contributed by atoms with Gasteiger partial charge in [-0.15, -0.1) is 0 Å². The van der Waals surface area contributed by atoms with Gasteiger partial charge in [0.25, 0.3) is 5.91 Å². The fraction of sp³-hybridized carbons (Fsp3) is 0.556. The van der Waals surface area contributed by atoms with Crippen molar-refractivity contribution in [1.82, 2.24) is 9.80 Å². The smallest absolute Gasteiger partial charge is 0.253 e. The zero-order chi connectivity index (χ0) is 16.2. The predicted molar refractivity (Wildman–Crippen MR) is 87.1 cm³/mol. The van der Waals surface area contributed by atoms with Crippen molar-refractivity contribution in [2.24, 2.45) is 5.92 Å². The lowest BCUT2D eigenvalue weighted by atomic mass is 9.94. The van der Waals surface area contributed by atoms with Crippen LogP contribution in [-0.4, -0.2) is 60.5 Å². The molecule has 2 amide bonds. The number of hydrogen-bond acceptors (Lipinski definition) is 3. The Morgan fingerprint density at radius 2 is 1.78 bits per heavy atom. The van der Waals surface area contributed by atoms with E-state index in [1.807, 2.05) is 47.1 Å². The Balaban J connectivity index is 1.56. The zero-order valence-corrected chi connectivity index (χ0v) is 13.6. The summed E-state index contributed by atoms with van der Waals surface area (Å²) in [6.45, 7) is 5.28. The van der Waals surface area contributed by atoms with E-state index in [2.05, 4.69) is 0 Å². The number of nitrogens with zero attached hydrogens (tertiary/aromatic N) is 2. The van der Waals surface area contributed by atoms with Crippen molar-refractivity contribution in [3.63, 3.8) is 0 Å². The summed E-state index contributed by atoms with van der Waals surface area (Å²) in [7, 11) is 0. The Kier molecular flexibility index (Phi) is 4.96. The highest BCUT2D eigenvalue weighted by Crippen LogP contribution is 2.23. The number of likely N-dealkylation sites (tertiary alicyclic amines) is 1. The van der Waals surface area contributed by atoms with Crippen molar-refractivity contribution in [2.45, 2.75) is 25.8 Å². The number of amides is 2. The van der Waals surface area contributed by atoms with E-state index in [0.717, 1.165) is 18.4 Å². The molecule has 2 heterocycles. The molecule has 0 spiro atoms. The fourth-order valence-electron chi connectivity index (χ4n) is 3.38. The second-order valence-corrected chi connectivity index (χ2v) is 6.39. The largest absolute Gasteiger partial charge is 0.377 e. The highest BCUT2D eigenvalue weighted by molar-refractivity contribution is 5.94. The molecule has 0 bridgehead atoms. The minimum absolute atomic E-state index is 0.0374. The van der Waals surface area contributed by atoms with Crippen LogP contribution in [0.5, 0.6) is 0 Å². The summed E-state index contributed by atoms with van der Waals surface area (Å²) in [6, 6.07) is 9.50. The number of ether oxygens (including phenoxy) is 1. The summed E-state index contributed by atoms with van der Waals surface area (Å²) in [5.74, 6) is 0.333. The van der Waals surface area contributed by atoms with Crippen LogP contribution < -0.4 is 0 Å². The molecule has 1 unspecified atom stereocenters. The molecule has 5 nitrogen and oxygen atoms in total. The fourth-order valence-corrected chi connectivity index (χ4v) is 3.38. The van der Waals surface area contributed by atoms with Crippen LogP contribution in [0.25, 0.3) is 0 Å². The standard InChI is InChI=1S/C18H24N2O3/c1-14-13-23-12-11-20(14)18(22)16-7-9-19(10-8-16)17(21)15-5-3-2-4-6-15/h2-6,14,16H,7-13H2,1H3. The predicted octanol–water partition coefficient (Wildman–Crippen LogP) is 1.79. The van der Waals surface area contributed by atoms with Gasteiger partial charge in [-0.05, 0) is 31.9 Å². The third-order valence-electron chi connectivity index (χ3n) is 4.80. The van der Waals surface area contributed by atoms with Crippen LogP contribution in [0.1, 0.15) is 30.1 Å². The number of morpholine rings is 1. The van der Waals surface area contributed by atoms with E-state index in [-0.39, 0.29) is 23.8 Å². The van der Waals surface area contributed by atoms with Crippen LogP contribution in [0.4, 0.5) is 0 Å². The minimum Gasteiger partial charge on any atom is -0.377 e. The third-order valence-corrected chi connectivity index (χ3v) is 4.80. The van der Waals surface area contributed by atoms with Crippen molar-refractivity contribution in [3.05, 3.63) is 35.9 Å². The lowest BCUT2D eigenvalue weighted by Gasteiger charge is -2.38. The maximum atomic E-state index is 12.7. The molecule has 2 saturated heterocycles. The van der Waals surface area contributed by atoms with E-state index in [0.29, 0.717) is 32.8 Å². The van der Waals surface area contributed by atoms with Gasteiger partial charge in [-0.3, -0.25) is 9.59 Å². The first-order valence-corrected chi connectivity index (χ1v) is 8.39. The van der Waals surface area contributed by atoms with E-state index in [9.17, 15) is 9.59 Å². The summed E-state index contributed by atoms with van der Waals surface area (Å²) in [4.78, 5) is 28.9. The number of rotatable bonds is 2. The summed E-state index contributed by atoms with van der Waals surface area (Å²) in [6.07, 6.45) is 1.50. The second-order valence-electron chi connectivity index (χ2n) is 6.39. The van der Waals surface area contributed by atoms with Gasteiger partial charge in [0, 0.05) is 31.1 Å². The van der Waals surface area contributed by atoms with Crippen LogP contribution in [0, 0.1) is 5.92 Å². The van der Waals surface area contributed by atoms with Gasteiger partial charge in [-0.2, -0.15) is 0 Å². The Labute approximate surface area is 137 Å². The first kappa shape index (κ1) is 16.0. The van der Waals surface area contributed by atoms with Crippen molar-refractivity contribution < 1.29 is 14.3 Å². The molecule has 124 valence electrons. The normalized spacial score (nSPS) is 22.9. The van der Waals surface area contributed by atoms with Crippen molar-refractivity contribution in [1.29, 1.82) is 0 Å². The maximum Gasteiger partial charge on any atom is 0.253 e. The Morgan fingerprint density at radius 3 is 2.43 bits per heavy atom. The molecule has 5 heteroatoms. The van der Waals surface area contributed by atoms with Crippen LogP contribution in [-0.2, 0) is 9.53 Å². The van der Waals surface area contributed by atoms with Gasteiger partial charge in [-0.1, -0.05) is 18.2 Å². The van der Waals surface area contributed by atoms with Crippen LogP contribution in [0.15, 0.2) is 30.3 Å². The molecule has 2 fully saturated rings. The van der Waals surface area contributed by atoms with E-state index in [4.69, 9.17) is 4.74 Å². The topological polar surface area (TPSA) is 49.9 Å². The molecule has 0 saturated carbocycles. The Bertz CT molecular complexity index is 553. The van der Waals surface area contributed by atoms with Crippen molar-refractivity contribution in [2.75, 3.05) is 32.8 Å². The summed E-state index contributed by atoms with van der Waals surface area (Å²) in [5, 5.41) is 0. The molecule has 0 aromatic heterocycles. The summed E-state index contributed by atoms with van der Waals surface area (Å²) < 4.78 is 5.40. The summed E-state index contributed by atoms with van der Waals surface area (Å²) in [5.41, 5.74) is 0.721. The summed E-state index contributed by atoms with van der Waals surface area (Å²) >= 11 is 0. The van der Waals surface area contributed by atoms with E-state index < -0.39 is 0 Å². The molecular formula is C18H24N2O3. The van der Waals surface area contributed by atoms with Crippen molar-refractivity contribution in [3.8, 4) is 0 Å². The van der Waals surface area contributed by atoms with E-state index in [1.165, 1.54) is 0 Å². The Hall–Kier alpha value is -1.88. The van der Waals surface area contributed by atoms with Gasteiger partial charge >= 0.3 is 0 Å². The lowest BCUT2D eigenvalue weighted by Crippen LogP contribution is -2.51. The molecule has 1 aromatic carbocycles. The molecule has 23 heavy (non-hydrogen) atoms. The van der Waals surface area contributed by atoms with Crippen LogP contribution in [0.2, 0.25) is 0 Å². The highest BCUT2D eigenvalue weighted by Gasteiger charge is 2.33. The molecular weight excluding hydrogens is 292 g/mol. The van der Waals surface area contributed by atoms with Gasteiger partial charge in [-0.25, -0.2) is 0 Å². The van der Waals surface area contributed by atoms with Gasteiger partial charge in [0.15, 0.2) is 0 Å². The first-order valence-electron chi connectivity index (χ1n) is 8.39. The third kappa shape index (κ3) is 3.55. The molecule has 1 atom stereocenters. The maximum absolute atomic E-state index is 12.7. The van der Waals surface area contributed by atoms with Gasteiger partial charge in [0.1, 0.15) is 0 Å². The van der Waals surface area contributed by atoms with Gasteiger partial charge in [0.2, 0.25) is 5.91 Å². The number of carbonyl (C=O) groups excluding carboxylic acids is 2. The molecule has 1 aromatic rings. The quantitative estimate of drug-likeness (QED) is 0.836. The van der Waals surface area contributed by atoms with Crippen LogP contribution in [0.3, 0.4) is 0 Å². The molecule has 2 aliphatic heterocycles. The SMILES string of the molecule is CC1COCCN1C(=O)C1CCN(C(=O)c2ccccc2)CC1. The van der Waals surface area contributed by atoms with E-state index in [1.54, 1.807) is 0 Å². The minimum atomic E-state index is 0.0374. The average molecular weight is 316 g/mol. The molecule has 2 aliphatic rings. The van der Waals surface area contributed by atoms with Crippen LogP contribution >= 0.6 is 0 Å². The Morgan fingerprint density at radius 1 is 1.09 bits per heavy atom. The van der Waals surface area contributed by atoms with Crippen molar-refractivity contribution >= 4 is 11.8 Å². The second kappa shape index (κ2) is 7.13.